The van der Waals surface area contributed by atoms with Crippen LogP contribution in [-0.2, 0) is 6.18 Å². The van der Waals surface area contributed by atoms with Crippen LogP contribution in [0.4, 0.5) is 18.9 Å². The van der Waals surface area contributed by atoms with Gasteiger partial charge in [0.25, 0.3) is 5.91 Å². The summed E-state index contributed by atoms with van der Waals surface area (Å²) in [6.45, 7) is 3.76. The monoisotopic (exact) mass is 415 g/mol. The summed E-state index contributed by atoms with van der Waals surface area (Å²) in [5, 5.41) is 2.54. The molecule has 0 unspecified atom stereocenters. The Morgan fingerprint density at radius 2 is 1.53 bits per heavy atom. The van der Waals surface area contributed by atoms with Gasteiger partial charge in [0.1, 0.15) is 11.5 Å². The first kappa shape index (κ1) is 21.2. The molecule has 0 aromatic heterocycles. The van der Waals surface area contributed by atoms with Crippen LogP contribution in [0.15, 0.2) is 60.7 Å². The molecule has 0 atom stereocenters. The van der Waals surface area contributed by atoms with E-state index in [0.29, 0.717) is 17.1 Å². The topological polar surface area (TPSA) is 47.6 Å². The summed E-state index contributed by atoms with van der Waals surface area (Å²) in [4.78, 5) is 12.7. The van der Waals surface area contributed by atoms with Crippen molar-refractivity contribution in [1.29, 1.82) is 0 Å². The van der Waals surface area contributed by atoms with Gasteiger partial charge in [-0.2, -0.15) is 13.2 Å². The quantitative estimate of drug-likeness (QED) is 0.526. The van der Waals surface area contributed by atoms with Crippen LogP contribution in [0.1, 0.15) is 27.0 Å². The van der Waals surface area contributed by atoms with E-state index in [-0.39, 0.29) is 11.4 Å². The van der Waals surface area contributed by atoms with Gasteiger partial charge in [-0.05, 0) is 79.6 Å². The molecular weight excluding hydrogens is 395 g/mol. The molecular formula is C23H20F3NO3. The fourth-order valence-corrected chi connectivity index (χ4v) is 2.74. The molecule has 3 aromatic carbocycles. The third kappa shape index (κ3) is 4.92. The van der Waals surface area contributed by atoms with Crippen molar-refractivity contribution in [3.05, 3.63) is 82.9 Å². The van der Waals surface area contributed by atoms with E-state index in [1.54, 1.807) is 42.5 Å². The minimum atomic E-state index is -4.56. The molecule has 0 aliphatic carbocycles. The molecule has 0 bridgehead atoms. The van der Waals surface area contributed by atoms with Gasteiger partial charge in [-0.3, -0.25) is 4.79 Å². The number of methoxy groups -OCH3 is 1. The molecule has 0 saturated carbocycles. The first-order valence-corrected chi connectivity index (χ1v) is 9.09. The molecule has 1 amide bonds. The number of nitrogens with one attached hydrogen (secondary N) is 1. The van der Waals surface area contributed by atoms with Crippen molar-refractivity contribution >= 4 is 11.6 Å². The van der Waals surface area contributed by atoms with Gasteiger partial charge in [0, 0.05) is 5.56 Å². The Kier molecular flexibility index (Phi) is 6.01. The van der Waals surface area contributed by atoms with Gasteiger partial charge < -0.3 is 14.8 Å². The van der Waals surface area contributed by atoms with Crippen molar-refractivity contribution in [2.45, 2.75) is 20.0 Å². The van der Waals surface area contributed by atoms with Gasteiger partial charge in [0.05, 0.1) is 18.4 Å². The molecule has 0 spiro atoms. The summed E-state index contributed by atoms with van der Waals surface area (Å²) in [5.41, 5.74) is 1.28. The third-order valence-corrected chi connectivity index (χ3v) is 4.61. The van der Waals surface area contributed by atoms with Crippen LogP contribution in [0.3, 0.4) is 0 Å². The average molecular weight is 415 g/mol. The summed E-state index contributed by atoms with van der Waals surface area (Å²) in [7, 11) is 1.52. The zero-order valence-electron chi connectivity index (χ0n) is 16.6. The zero-order chi connectivity index (χ0) is 21.9. The van der Waals surface area contributed by atoms with Crippen molar-refractivity contribution in [3.8, 4) is 17.2 Å². The van der Waals surface area contributed by atoms with Crippen LogP contribution < -0.4 is 14.8 Å². The number of hydrogen-bond donors (Lipinski definition) is 1. The maximum absolute atomic E-state index is 13.2. The summed E-state index contributed by atoms with van der Waals surface area (Å²) in [6, 6.07) is 14.6. The van der Waals surface area contributed by atoms with Crippen molar-refractivity contribution < 1.29 is 27.4 Å². The number of alkyl halides is 3. The number of ether oxygens (including phenoxy) is 2. The minimum absolute atomic E-state index is 0.0797. The van der Waals surface area contributed by atoms with Crippen LogP contribution >= 0.6 is 0 Å². The summed E-state index contributed by atoms with van der Waals surface area (Å²) in [5.74, 6) is 0.553. The lowest BCUT2D eigenvalue weighted by Gasteiger charge is -2.16. The molecule has 7 heteroatoms. The Morgan fingerprint density at radius 1 is 0.867 bits per heavy atom. The number of carbonyl (C=O) groups excluding carboxylic acids is 1. The number of anilines is 1. The van der Waals surface area contributed by atoms with Gasteiger partial charge in [0.15, 0.2) is 5.75 Å². The highest BCUT2D eigenvalue weighted by Gasteiger charge is 2.31. The highest BCUT2D eigenvalue weighted by atomic mass is 19.4. The Morgan fingerprint density at radius 3 is 2.13 bits per heavy atom. The Labute approximate surface area is 172 Å². The van der Waals surface area contributed by atoms with E-state index in [0.717, 1.165) is 23.3 Å². The molecule has 0 fully saturated rings. The SMILES string of the molecule is COc1ccc(Oc2ccc(C(F)(F)F)cc2NC(=O)c2ccc(C)c(C)c2)cc1. The fraction of sp³-hybridized carbons (Fsp3) is 0.174. The highest BCUT2D eigenvalue weighted by Crippen LogP contribution is 2.37. The third-order valence-electron chi connectivity index (χ3n) is 4.61. The first-order chi connectivity index (χ1) is 14.2. The summed E-state index contributed by atoms with van der Waals surface area (Å²) < 4.78 is 50.4. The molecule has 3 rings (SSSR count). The Bertz CT molecular complexity index is 1060. The van der Waals surface area contributed by atoms with Gasteiger partial charge in [-0.1, -0.05) is 6.07 Å². The van der Waals surface area contributed by atoms with Crippen molar-refractivity contribution in [1.82, 2.24) is 0 Å². The van der Waals surface area contributed by atoms with Crippen LogP contribution in [0.25, 0.3) is 0 Å². The second-order valence-electron chi connectivity index (χ2n) is 6.74. The van der Waals surface area contributed by atoms with Crippen molar-refractivity contribution in [2.24, 2.45) is 0 Å². The fourth-order valence-electron chi connectivity index (χ4n) is 2.74. The molecule has 1 N–H and O–H groups in total. The molecule has 0 aliphatic rings. The molecule has 0 radical (unpaired) electrons. The highest BCUT2D eigenvalue weighted by molar-refractivity contribution is 6.05. The van der Waals surface area contributed by atoms with E-state index >= 15 is 0 Å². The van der Waals surface area contributed by atoms with Crippen molar-refractivity contribution in [2.75, 3.05) is 12.4 Å². The number of rotatable bonds is 5. The van der Waals surface area contributed by atoms with E-state index < -0.39 is 17.6 Å². The molecule has 156 valence electrons. The molecule has 0 heterocycles. The lowest BCUT2D eigenvalue weighted by atomic mass is 10.1. The first-order valence-electron chi connectivity index (χ1n) is 9.09. The number of carbonyl (C=O) groups is 1. The molecule has 4 nitrogen and oxygen atoms in total. The van der Waals surface area contributed by atoms with Gasteiger partial charge in [0.2, 0.25) is 0 Å². The van der Waals surface area contributed by atoms with E-state index in [9.17, 15) is 18.0 Å². The normalized spacial score (nSPS) is 11.1. The summed E-state index contributed by atoms with van der Waals surface area (Å²) in [6.07, 6.45) is -4.56. The molecule has 0 aliphatic heterocycles. The van der Waals surface area contributed by atoms with Crippen molar-refractivity contribution in [3.63, 3.8) is 0 Å². The van der Waals surface area contributed by atoms with Gasteiger partial charge in [-0.15, -0.1) is 0 Å². The number of benzene rings is 3. The standard InChI is InChI=1S/C23H20F3NO3/c1-14-4-5-16(12-15(14)2)22(28)27-20-13-17(23(24,25)26)6-11-21(20)30-19-9-7-18(29-3)8-10-19/h4-13H,1-3H3,(H,27,28). The van der Waals surface area contributed by atoms with Crippen LogP contribution in [0.5, 0.6) is 17.2 Å². The van der Waals surface area contributed by atoms with E-state index in [2.05, 4.69) is 5.32 Å². The number of halogens is 3. The maximum Gasteiger partial charge on any atom is 0.416 e. The predicted octanol–water partition coefficient (Wildman–Crippen LogP) is 6.38. The lowest BCUT2D eigenvalue weighted by molar-refractivity contribution is -0.137. The smallest absolute Gasteiger partial charge is 0.416 e. The maximum atomic E-state index is 13.2. The second-order valence-corrected chi connectivity index (χ2v) is 6.74. The summed E-state index contributed by atoms with van der Waals surface area (Å²) >= 11 is 0. The van der Waals surface area contributed by atoms with E-state index in [4.69, 9.17) is 9.47 Å². The van der Waals surface area contributed by atoms with Crippen LogP contribution in [0, 0.1) is 13.8 Å². The number of amides is 1. The average Bonchev–Trinajstić information content (AvgIpc) is 2.71. The van der Waals surface area contributed by atoms with E-state index in [1.165, 1.54) is 13.2 Å². The second kappa shape index (κ2) is 8.49. The Balaban J connectivity index is 1.94. The molecule has 0 saturated heterocycles. The largest absolute Gasteiger partial charge is 0.497 e. The number of hydrogen-bond acceptors (Lipinski definition) is 3. The molecule has 3 aromatic rings. The van der Waals surface area contributed by atoms with Gasteiger partial charge >= 0.3 is 6.18 Å². The number of aryl methyl sites for hydroxylation is 2. The zero-order valence-corrected chi connectivity index (χ0v) is 16.6. The van der Waals surface area contributed by atoms with Crippen LogP contribution in [0.2, 0.25) is 0 Å². The Hall–Kier alpha value is -3.48. The minimum Gasteiger partial charge on any atom is -0.497 e. The lowest BCUT2D eigenvalue weighted by Crippen LogP contribution is -2.14. The van der Waals surface area contributed by atoms with E-state index in [1.807, 2.05) is 13.8 Å². The van der Waals surface area contributed by atoms with Crippen LogP contribution in [-0.4, -0.2) is 13.0 Å². The van der Waals surface area contributed by atoms with Gasteiger partial charge in [-0.25, -0.2) is 0 Å². The predicted molar refractivity (Wildman–Crippen MR) is 108 cm³/mol. The molecule has 30 heavy (non-hydrogen) atoms.